The number of primary amides is 2. The van der Waals surface area contributed by atoms with Gasteiger partial charge in [0.15, 0.2) is 0 Å². The zero-order valence-corrected chi connectivity index (χ0v) is 9.11. The third-order valence-corrected chi connectivity index (χ3v) is 0.211. The molecule has 0 fully saturated rings. The van der Waals surface area contributed by atoms with Crippen LogP contribution in [0.5, 0.6) is 0 Å². The van der Waals surface area contributed by atoms with Crippen molar-refractivity contribution in [3.8, 4) is 0 Å². The van der Waals surface area contributed by atoms with Crippen molar-refractivity contribution in [3.05, 3.63) is 6.79 Å². The van der Waals surface area contributed by atoms with E-state index >= 15 is 0 Å². The number of carbonyl (C=O) groups excluding carboxylic acids is 2. The van der Waals surface area contributed by atoms with Crippen molar-refractivity contribution in [3.63, 3.8) is 0 Å². The Balaban J connectivity index is -0.0000000535. The first-order valence-corrected chi connectivity index (χ1v) is 2.43. The number of aliphatic hydroxyl groups is 2. The molecule has 0 aromatic carbocycles. The first-order chi connectivity index (χ1) is 5.95. The maximum Gasteiger partial charge on any atom is 3.00 e. The average Bonchev–Trinajstić information content (AvgIpc) is 2.07. The van der Waals surface area contributed by atoms with Crippen molar-refractivity contribution in [2.24, 2.45) is 0 Å². The number of quaternary nitrogens is 2. The molecule has 0 atom stereocenters. The molecule has 0 bridgehead atoms. The van der Waals surface area contributed by atoms with Crippen molar-refractivity contribution in [2.75, 3.05) is 0 Å². The molecule has 14 heavy (non-hydrogen) atoms. The summed E-state index contributed by atoms with van der Waals surface area (Å²) in [5.74, 6) is 0. The minimum atomic E-state index is -1.56. The minimum Gasteiger partial charge on any atom is -0.539 e. The summed E-state index contributed by atoms with van der Waals surface area (Å²) in [7, 11) is 0. The van der Waals surface area contributed by atoms with Crippen LogP contribution in [0.2, 0.25) is 0 Å². The molecule has 0 aromatic heterocycles. The van der Waals surface area contributed by atoms with E-state index in [1.165, 1.54) is 0 Å². The van der Waals surface area contributed by atoms with E-state index < -0.39 is 12.2 Å². The number of hydrogen-bond donors (Lipinski definition) is 6. The van der Waals surface area contributed by atoms with Gasteiger partial charge >= 0.3 is 26.2 Å². The van der Waals surface area contributed by atoms with Crippen LogP contribution in [0, 0.1) is 6.79 Å². The molecule has 0 aliphatic heterocycles. The predicted molar refractivity (Wildman–Crippen MR) is 26.4 cm³/mol. The summed E-state index contributed by atoms with van der Waals surface area (Å²) < 4.78 is 0. The van der Waals surface area contributed by atoms with Crippen LogP contribution in [0.1, 0.15) is 0 Å². The second kappa shape index (κ2) is 22.9. The molecule has 0 unspecified atom stereocenters. The van der Waals surface area contributed by atoms with Crippen LogP contribution < -0.4 is 21.2 Å². The fraction of sp³-hybridized carbons (Fsp3) is 0. The van der Waals surface area contributed by atoms with Gasteiger partial charge in [-0.1, -0.05) is 0 Å². The fourth-order valence-electron chi connectivity index (χ4n) is 0. The molecule has 1 radical (unpaired) electrons. The Morgan fingerprint density at radius 1 is 1.00 bits per heavy atom. The van der Waals surface area contributed by atoms with E-state index in [4.69, 9.17) is 40.4 Å². The van der Waals surface area contributed by atoms with Crippen LogP contribution in [-0.4, -0.2) is 32.8 Å². The molecular weight excluding hydrogens is 283 g/mol. The van der Waals surface area contributed by atoms with E-state index in [1.807, 2.05) is 0 Å². The number of rotatable bonds is 0. The number of hydrogen-bond acceptors (Lipinski definition) is 8. The number of hydroxylamine groups is 2. The van der Waals surface area contributed by atoms with Gasteiger partial charge in [-0.15, -0.1) is 6.79 Å². The Kier molecular flexibility index (Phi) is 38.3. The topological polar surface area (TPSA) is 194 Å². The molecule has 0 saturated carbocycles. The molecule has 0 spiro atoms. The van der Waals surface area contributed by atoms with Crippen LogP contribution in [0.25, 0.3) is 0 Å². The Morgan fingerprint density at radius 2 is 1.07 bits per heavy atom. The third kappa shape index (κ3) is 101. The second-order valence-electron chi connectivity index (χ2n) is 1.01. The third-order valence-electron chi connectivity index (χ3n) is 0.211. The Morgan fingerprint density at radius 3 is 1.07 bits per heavy atom. The normalized spacial score (nSPS) is 6.57. The van der Waals surface area contributed by atoms with E-state index in [2.05, 4.69) is 0 Å². The van der Waals surface area contributed by atoms with Gasteiger partial charge in [0.25, 0.3) is 12.2 Å². The summed E-state index contributed by atoms with van der Waals surface area (Å²) in [5.41, 5.74) is -0.0556. The molecule has 0 aliphatic carbocycles. The minimum absolute atomic E-state index is 0. The Bertz CT molecular complexity index is 118. The number of aliphatic hydroxyl groups excluding tert-OH is 1. The maximum absolute atomic E-state index is 8.95. The molecular formula is C3H9N2O8Zr+2. The summed E-state index contributed by atoms with van der Waals surface area (Å²) in [6, 6.07) is 0. The summed E-state index contributed by atoms with van der Waals surface area (Å²) >= 11 is 0. The smallest absolute Gasteiger partial charge is 0.539 e. The van der Waals surface area contributed by atoms with Crippen molar-refractivity contribution >= 4 is 12.2 Å². The monoisotopic (exact) mass is 291 g/mol. The molecule has 8 N–H and O–H groups in total. The van der Waals surface area contributed by atoms with Crippen LogP contribution in [0.3, 0.4) is 0 Å². The molecule has 0 heterocycles. The predicted octanol–water partition coefficient (Wildman–Crippen LogP) is -5.59. The van der Waals surface area contributed by atoms with Crippen molar-refractivity contribution in [1.29, 1.82) is 0 Å². The SMILES string of the molecule is O=C([O-])[NH2+]O.O=C([O-])[NH2+]O.O[CH-]O.[Zr+3]. The van der Waals surface area contributed by atoms with Gasteiger partial charge in [-0.05, 0) is 0 Å². The zero-order valence-electron chi connectivity index (χ0n) is 6.65. The molecule has 10 nitrogen and oxygen atoms in total. The number of carbonyl (C=O) groups is 2. The van der Waals surface area contributed by atoms with Crippen molar-refractivity contribution in [1.82, 2.24) is 0 Å². The number of nitrogens with two attached hydrogens (primary N) is 2. The Labute approximate surface area is 96.8 Å². The maximum atomic E-state index is 8.95. The van der Waals surface area contributed by atoms with Gasteiger partial charge in [0.2, 0.25) is 0 Å². The van der Waals surface area contributed by atoms with E-state index in [9.17, 15) is 0 Å². The van der Waals surface area contributed by atoms with Gasteiger partial charge in [0.1, 0.15) is 0 Å². The van der Waals surface area contributed by atoms with Crippen molar-refractivity contribution < 1.29 is 77.6 Å². The summed E-state index contributed by atoms with van der Waals surface area (Å²) in [6.45, 7) is 0. The van der Waals surface area contributed by atoms with Crippen LogP contribution in [0.15, 0.2) is 0 Å². The molecule has 2 amide bonds. The van der Waals surface area contributed by atoms with Gasteiger partial charge in [-0.3, -0.25) is 0 Å². The molecule has 0 aliphatic rings. The standard InChI is InChI=1S/2CH3NO3.CH3O2.Zr/c2*3-1(4)2-5;2-1-3;/h2*2,5H,(H,3,4);1-3H;/q;;-1;+3. The van der Waals surface area contributed by atoms with E-state index in [0.717, 1.165) is 0 Å². The largest absolute Gasteiger partial charge is 3.00 e. The van der Waals surface area contributed by atoms with Crippen LogP contribution in [-0.2, 0) is 26.2 Å². The molecule has 0 aromatic rings. The summed E-state index contributed by atoms with van der Waals surface area (Å²) in [4.78, 5) is 17.9. The summed E-state index contributed by atoms with van der Waals surface area (Å²) in [6.07, 6.45) is -3.13. The van der Waals surface area contributed by atoms with Crippen molar-refractivity contribution in [2.45, 2.75) is 0 Å². The first-order valence-electron chi connectivity index (χ1n) is 2.43. The van der Waals surface area contributed by atoms with E-state index in [1.54, 1.807) is 0 Å². The molecule has 81 valence electrons. The van der Waals surface area contributed by atoms with Gasteiger partial charge in [0.05, 0.1) is 0 Å². The number of amides is 2. The molecule has 0 saturated heterocycles. The molecule has 0 rings (SSSR count). The molecule has 11 heteroatoms. The van der Waals surface area contributed by atoms with Crippen LogP contribution in [0.4, 0.5) is 9.59 Å². The van der Waals surface area contributed by atoms with Gasteiger partial charge < -0.3 is 30.0 Å². The van der Waals surface area contributed by atoms with Gasteiger partial charge in [-0.2, -0.15) is 11.0 Å². The van der Waals surface area contributed by atoms with Crippen LogP contribution >= 0.6 is 0 Å². The quantitative estimate of drug-likeness (QED) is 0.144. The second-order valence-corrected chi connectivity index (χ2v) is 1.01. The number of carboxylic acid groups (broad SMARTS) is 2. The van der Waals surface area contributed by atoms with Gasteiger partial charge in [-0.25, -0.2) is 10.4 Å². The average molecular weight is 292 g/mol. The Hall–Kier alpha value is -0.417. The van der Waals surface area contributed by atoms with E-state index in [-0.39, 0.29) is 44.0 Å². The zero-order chi connectivity index (χ0) is 11.3. The van der Waals surface area contributed by atoms with E-state index in [0.29, 0.717) is 0 Å². The first kappa shape index (κ1) is 23.4. The summed E-state index contributed by atoms with van der Waals surface area (Å²) in [5, 5.41) is 46.6. The fourth-order valence-corrected chi connectivity index (χ4v) is 0. The van der Waals surface area contributed by atoms with Gasteiger partial charge in [0, 0.05) is 0 Å².